The zero-order chi connectivity index (χ0) is 14.7. The Balaban J connectivity index is 2.37. The highest BCUT2D eigenvalue weighted by Crippen LogP contribution is 2.26. The number of carbonyl (C=O) groups excluding carboxylic acids is 1. The molecule has 2 aromatic rings. The van der Waals surface area contributed by atoms with Crippen LogP contribution in [0.3, 0.4) is 0 Å². The molecule has 0 bridgehead atoms. The summed E-state index contributed by atoms with van der Waals surface area (Å²) in [4.78, 5) is 25.4. The Hall–Kier alpha value is -2.34. The van der Waals surface area contributed by atoms with E-state index in [4.69, 9.17) is 10.8 Å². The van der Waals surface area contributed by atoms with E-state index in [1.54, 1.807) is 12.1 Å². The second-order valence-electron chi connectivity index (χ2n) is 4.11. The van der Waals surface area contributed by atoms with Crippen LogP contribution in [0.25, 0.3) is 0 Å². The molecule has 0 aliphatic carbocycles. The third-order valence-corrected chi connectivity index (χ3v) is 3.72. The van der Waals surface area contributed by atoms with Gasteiger partial charge in [0.15, 0.2) is 0 Å². The molecule has 0 aliphatic heterocycles. The van der Waals surface area contributed by atoms with E-state index in [2.05, 4.69) is 0 Å². The maximum atomic E-state index is 12.4. The standard InChI is InChI=1S/C14H14N2O3S/c1-2-16(13(17)12-4-3-7-20-12)11-6-5-9(14(18)19)8-10(11)15/h3-8H,2,15H2,1H3,(H,18,19). The first kappa shape index (κ1) is 14.1. The molecule has 104 valence electrons. The van der Waals surface area contributed by atoms with Crippen molar-refractivity contribution in [2.75, 3.05) is 17.2 Å². The van der Waals surface area contributed by atoms with E-state index in [1.807, 2.05) is 18.4 Å². The zero-order valence-electron chi connectivity index (χ0n) is 10.9. The lowest BCUT2D eigenvalue weighted by molar-refractivity contribution is 0.0697. The monoisotopic (exact) mass is 290 g/mol. The maximum Gasteiger partial charge on any atom is 0.335 e. The number of aromatic carboxylic acids is 1. The van der Waals surface area contributed by atoms with Crippen LogP contribution in [0.4, 0.5) is 11.4 Å². The molecule has 1 amide bonds. The molecule has 0 atom stereocenters. The van der Waals surface area contributed by atoms with E-state index in [-0.39, 0.29) is 17.2 Å². The van der Waals surface area contributed by atoms with Crippen molar-refractivity contribution in [2.45, 2.75) is 6.92 Å². The summed E-state index contributed by atoms with van der Waals surface area (Å²) in [6.45, 7) is 2.30. The molecule has 0 unspecified atom stereocenters. The molecule has 20 heavy (non-hydrogen) atoms. The van der Waals surface area contributed by atoms with Gasteiger partial charge < -0.3 is 15.7 Å². The van der Waals surface area contributed by atoms with Crippen molar-refractivity contribution in [3.8, 4) is 0 Å². The van der Waals surface area contributed by atoms with Gasteiger partial charge in [-0.15, -0.1) is 11.3 Å². The molecule has 0 radical (unpaired) electrons. The van der Waals surface area contributed by atoms with E-state index < -0.39 is 5.97 Å². The average molecular weight is 290 g/mol. The molecule has 1 aromatic heterocycles. The van der Waals surface area contributed by atoms with Crippen LogP contribution in [0.5, 0.6) is 0 Å². The largest absolute Gasteiger partial charge is 0.478 e. The second kappa shape index (κ2) is 5.75. The van der Waals surface area contributed by atoms with Gasteiger partial charge in [-0.05, 0) is 36.6 Å². The molecule has 0 fully saturated rings. The van der Waals surface area contributed by atoms with Crippen LogP contribution in [0.2, 0.25) is 0 Å². The van der Waals surface area contributed by atoms with Crippen LogP contribution in [-0.2, 0) is 0 Å². The molecular formula is C14H14N2O3S. The Bertz CT molecular complexity index is 638. The molecule has 0 aliphatic rings. The van der Waals surface area contributed by atoms with E-state index in [1.165, 1.54) is 28.4 Å². The summed E-state index contributed by atoms with van der Waals surface area (Å²) >= 11 is 1.36. The number of carboxylic acids is 1. The lowest BCUT2D eigenvalue weighted by Crippen LogP contribution is -2.30. The molecule has 1 heterocycles. The van der Waals surface area contributed by atoms with Crippen LogP contribution in [0, 0.1) is 0 Å². The topological polar surface area (TPSA) is 83.6 Å². The molecule has 0 spiro atoms. The Morgan fingerprint density at radius 1 is 1.35 bits per heavy atom. The molecule has 5 nitrogen and oxygen atoms in total. The summed E-state index contributed by atoms with van der Waals surface area (Å²) in [5, 5.41) is 10.8. The zero-order valence-corrected chi connectivity index (χ0v) is 11.7. The number of thiophene rings is 1. The SMILES string of the molecule is CCN(C(=O)c1cccs1)c1ccc(C(=O)O)cc1N. The average Bonchev–Trinajstić information content (AvgIpc) is 2.94. The van der Waals surface area contributed by atoms with Crippen molar-refractivity contribution in [1.82, 2.24) is 0 Å². The highest BCUT2D eigenvalue weighted by atomic mass is 32.1. The quantitative estimate of drug-likeness (QED) is 0.848. The summed E-state index contributed by atoms with van der Waals surface area (Å²) in [7, 11) is 0. The summed E-state index contributed by atoms with van der Waals surface area (Å²) in [6.07, 6.45) is 0. The minimum atomic E-state index is -1.05. The Morgan fingerprint density at radius 2 is 2.10 bits per heavy atom. The number of benzene rings is 1. The maximum absolute atomic E-state index is 12.4. The van der Waals surface area contributed by atoms with Crippen LogP contribution in [-0.4, -0.2) is 23.5 Å². The second-order valence-corrected chi connectivity index (χ2v) is 5.05. The lowest BCUT2D eigenvalue weighted by atomic mass is 10.1. The number of anilines is 2. The van der Waals surface area contributed by atoms with Crippen molar-refractivity contribution in [1.29, 1.82) is 0 Å². The first-order chi connectivity index (χ1) is 9.54. The fourth-order valence-corrected chi connectivity index (χ4v) is 2.56. The third kappa shape index (κ3) is 2.65. The van der Waals surface area contributed by atoms with Gasteiger partial charge in [-0.1, -0.05) is 6.07 Å². The molecular weight excluding hydrogens is 276 g/mol. The number of nitrogens with zero attached hydrogens (tertiary/aromatic N) is 1. The number of hydrogen-bond donors (Lipinski definition) is 2. The van der Waals surface area contributed by atoms with Crippen molar-refractivity contribution in [3.63, 3.8) is 0 Å². The van der Waals surface area contributed by atoms with Gasteiger partial charge >= 0.3 is 5.97 Å². The number of carboxylic acid groups (broad SMARTS) is 1. The van der Waals surface area contributed by atoms with Gasteiger partial charge in [0.1, 0.15) is 0 Å². The minimum absolute atomic E-state index is 0.103. The fourth-order valence-electron chi connectivity index (χ4n) is 1.89. The molecule has 3 N–H and O–H groups in total. The van der Waals surface area contributed by atoms with Gasteiger partial charge in [0.25, 0.3) is 5.91 Å². The molecule has 0 saturated carbocycles. The highest BCUT2D eigenvalue weighted by molar-refractivity contribution is 7.12. The summed E-state index contributed by atoms with van der Waals surface area (Å²) in [5.74, 6) is -1.19. The Kier molecular flexibility index (Phi) is 4.05. The smallest absolute Gasteiger partial charge is 0.335 e. The number of hydrogen-bond acceptors (Lipinski definition) is 4. The van der Waals surface area contributed by atoms with Crippen LogP contribution < -0.4 is 10.6 Å². The van der Waals surface area contributed by atoms with Gasteiger partial charge in [-0.25, -0.2) is 4.79 Å². The van der Waals surface area contributed by atoms with E-state index >= 15 is 0 Å². The van der Waals surface area contributed by atoms with Crippen molar-refractivity contribution < 1.29 is 14.7 Å². The van der Waals surface area contributed by atoms with Gasteiger partial charge in [-0.3, -0.25) is 4.79 Å². The Labute approximate surface area is 120 Å². The predicted octanol–water partition coefficient (Wildman–Crippen LogP) is 2.70. The fraction of sp³-hybridized carbons (Fsp3) is 0.143. The van der Waals surface area contributed by atoms with Crippen molar-refractivity contribution in [2.24, 2.45) is 0 Å². The minimum Gasteiger partial charge on any atom is -0.478 e. The summed E-state index contributed by atoms with van der Waals surface area (Å²) in [5.41, 5.74) is 6.77. The number of nitrogen functional groups attached to an aromatic ring is 1. The van der Waals surface area contributed by atoms with Crippen LogP contribution >= 0.6 is 11.3 Å². The highest BCUT2D eigenvalue weighted by Gasteiger charge is 2.19. The number of carbonyl (C=O) groups is 2. The lowest BCUT2D eigenvalue weighted by Gasteiger charge is -2.22. The van der Waals surface area contributed by atoms with E-state index in [9.17, 15) is 9.59 Å². The normalized spacial score (nSPS) is 10.2. The predicted molar refractivity (Wildman–Crippen MR) is 79.5 cm³/mol. The number of rotatable bonds is 4. The number of amides is 1. The van der Waals surface area contributed by atoms with Crippen LogP contribution in [0.15, 0.2) is 35.7 Å². The van der Waals surface area contributed by atoms with Crippen molar-refractivity contribution >= 4 is 34.6 Å². The van der Waals surface area contributed by atoms with Crippen molar-refractivity contribution in [3.05, 3.63) is 46.2 Å². The third-order valence-electron chi connectivity index (χ3n) is 2.86. The van der Waals surface area contributed by atoms with Gasteiger partial charge in [0.05, 0.1) is 21.8 Å². The molecule has 0 saturated heterocycles. The van der Waals surface area contributed by atoms with E-state index in [0.717, 1.165) is 0 Å². The van der Waals surface area contributed by atoms with Gasteiger partial charge in [0.2, 0.25) is 0 Å². The molecule has 1 aromatic carbocycles. The van der Waals surface area contributed by atoms with Gasteiger partial charge in [0, 0.05) is 6.54 Å². The summed E-state index contributed by atoms with van der Waals surface area (Å²) in [6, 6.07) is 7.92. The van der Waals surface area contributed by atoms with Crippen LogP contribution in [0.1, 0.15) is 27.0 Å². The van der Waals surface area contributed by atoms with E-state index in [0.29, 0.717) is 17.1 Å². The molecule has 6 heteroatoms. The first-order valence-electron chi connectivity index (χ1n) is 6.02. The number of nitrogens with two attached hydrogens (primary N) is 1. The first-order valence-corrected chi connectivity index (χ1v) is 6.90. The van der Waals surface area contributed by atoms with Gasteiger partial charge in [-0.2, -0.15) is 0 Å². The summed E-state index contributed by atoms with van der Waals surface area (Å²) < 4.78 is 0. The molecule has 2 rings (SSSR count). The Morgan fingerprint density at radius 3 is 2.60 bits per heavy atom.